The van der Waals surface area contributed by atoms with Crippen molar-refractivity contribution in [3.05, 3.63) is 45.9 Å². The first kappa shape index (κ1) is 16.4. The van der Waals surface area contributed by atoms with Crippen LogP contribution in [0.3, 0.4) is 0 Å². The Balaban J connectivity index is 1.99. The van der Waals surface area contributed by atoms with E-state index < -0.39 is 17.6 Å². The number of ether oxygens (including phenoxy) is 1. The maximum absolute atomic E-state index is 12.6. The van der Waals surface area contributed by atoms with Gasteiger partial charge in [-0.1, -0.05) is 6.07 Å². The predicted molar refractivity (Wildman–Crippen MR) is 76.6 cm³/mol. The fourth-order valence-electron chi connectivity index (χ4n) is 1.76. The molecule has 0 fully saturated rings. The van der Waals surface area contributed by atoms with Crippen LogP contribution in [0.5, 0.6) is 0 Å². The van der Waals surface area contributed by atoms with Crippen LogP contribution in [0.4, 0.5) is 18.9 Å². The highest BCUT2D eigenvalue weighted by atomic mass is 32.1. The Kier molecular flexibility index (Phi) is 5.15. The number of aromatic nitrogens is 1. The van der Waals surface area contributed by atoms with Gasteiger partial charge < -0.3 is 10.1 Å². The molecule has 0 atom stereocenters. The Hall–Kier alpha value is -1.93. The number of halogens is 3. The number of alkyl halides is 3. The van der Waals surface area contributed by atoms with E-state index in [1.807, 2.05) is 0 Å². The largest absolute Gasteiger partial charge is 0.416 e. The summed E-state index contributed by atoms with van der Waals surface area (Å²) in [6, 6.07) is 4.50. The molecule has 0 spiro atoms. The lowest BCUT2D eigenvalue weighted by Gasteiger charge is -2.09. The first-order chi connectivity index (χ1) is 10.4. The molecular formula is C14H13F3N2O2S. The van der Waals surface area contributed by atoms with Crippen LogP contribution in [0.1, 0.15) is 16.3 Å². The van der Waals surface area contributed by atoms with Crippen molar-refractivity contribution in [1.82, 2.24) is 4.98 Å². The smallest absolute Gasteiger partial charge is 0.378 e. The second kappa shape index (κ2) is 6.89. The molecule has 0 saturated heterocycles. The molecule has 118 valence electrons. The third kappa shape index (κ3) is 4.54. The van der Waals surface area contributed by atoms with Gasteiger partial charge in [-0.25, -0.2) is 4.98 Å². The minimum Gasteiger partial charge on any atom is -0.378 e. The highest BCUT2D eigenvalue weighted by Crippen LogP contribution is 2.30. The topological polar surface area (TPSA) is 51.2 Å². The van der Waals surface area contributed by atoms with Crippen LogP contribution in [-0.4, -0.2) is 18.0 Å². The van der Waals surface area contributed by atoms with Crippen molar-refractivity contribution in [3.63, 3.8) is 0 Å². The number of amides is 1. The first-order valence-corrected chi connectivity index (χ1v) is 7.16. The van der Waals surface area contributed by atoms with Crippen molar-refractivity contribution < 1.29 is 22.7 Å². The van der Waals surface area contributed by atoms with Crippen molar-refractivity contribution in [2.24, 2.45) is 0 Å². The maximum Gasteiger partial charge on any atom is 0.416 e. The Morgan fingerprint density at radius 1 is 1.41 bits per heavy atom. The Morgan fingerprint density at radius 2 is 2.18 bits per heavy atom. The fourth-order valence-corrected chi connectivity index (χ4v) is 2.53. The molecule has 1 N–H and O–H groups in total. The van der Waals surface area contributed by atoms with E-state index in [2.05, 4.69) is 10.3 Å². The molecule has 2 aromatic rings. The molecule has 1 aromatic carbocycles. The summed E-state index contributed by atoms with van der Waals surface area (Å²) in [5.74, 6) is -0.423. The molecular weight excluding hydrogens is 317 g/mol. The number of hydrogen-bond donors (Lipinski definition) is 1. The summed E-state index contributed by atoms with van der Waals surface area (Å²) in [5, 5.41) is 4.90. The molecule has 8 heteroatoms. The lowest BCUT2D eigenvalue weighted by atomic mass is 10.2. The van der Waals surface area contributed by atoms with Crippen molar-refractivity contribution >= 4 is 22.9 Å². The summed E-state index contributed by atoms with van der Waals surface area (Å²) >= 11 is 1.36. The molecule has 0 aliphatic rings. The van der Waals surface area contributed by atoms with Gasteiger partial charge in [-0.05, 0) is 18.2 Å². The third-order valence-electron chi connectivity index (χ3n) is 2.68. The summed E-state index contributed by atoms with van der Waals surface area (Å²) in [6.45, 7) is 0.361. The van der Waals surface area contributed by atoms with Crippen molar-refractivity contribution in [2.75, 3.05) is 12.4 Å². The van der Waals surface area contributed by atoms with Gasteiger partial charge in [0.1, 0.15) is 5.01 Å². The zero-order valence-electron chi connectivity index (χ0n) is 11.6. The molecule has 0 saturated carbocycles. The molecule has 1 aromatic heterocycles. The summed E-state index contributed by atoms with van der Waals surface area (Å²) in [4.78, 5) is 16.0. The zero-order valence-corrected chi connectivity index (χ0v) is 12.4. The molecule has 0 aliphatic carbocycles. The minimum absolute atomic E-state index is 0.00351. The Labute approximate surface area is 128 Å². The van der Waals surface area contributed by atoms with E-state index in [1.54, 1.807) is 12.5 Å². The Morgan fingerprint density at radius 3 is 2.86 bits per heavy atom. The second-order valence-corrected chi connectivity index (χ2v) is 5.41. The summed E-state index contributed by atoms with van der Waals surface area (Å²) in [5.41, 5.74) is -0.143. The van der Waals surface area contributed by atoms with Gasteiger partial charge in [-0.15, -0.1) is 11.3 Å². The number of anilines is 1. The highest BCUT2D eigenvalue weighted by Gasteiger charge is 2.30. The quantitative estimate of drug-likeness (QED) is 0.913. The van der Waals surface area contributed by atoms with Gasteiger partial charge in [0.05, 0.1) is 24.3 Å². The number of methoxy groups -OCH3 is 1. The van der Waals surface area contributed by atoms with E-state index in [4.69, 9.17) is 4.74 Å². The van der Waals surface area contributed by atoms with Gasteiger partial charge in [-0.2, -0.15) is 13.2 Å². The zero-order chi connectivity index (χ0) is 16.2. The highest BCUT2D eigenvalue weighted by molar-refractivity contribution is 7.09. The van der Waals surface area contributed by atoms with Crippen LogP contribution in [0.2, 0.25) is 0 Å². The third-order valence-corrected chi connectivity index (χ3v) is 3.55. The average molecular weight is 330 g/mol. The standard InChI is InChI=1S/C14H13F3N2O2S/c1-21-7-13-19-11(8-22-13)6-12(20)18-10-4-2-3-9(5-10)14(15,16)17/h2-5,8H,6-7H2,1H3,(H,18,20). The first-order valence-electron chi connectivity index (χ1n) is 6.28. The fraction of sp³-hybridized carbons (Fsp3) is 0.286. The summed E-state index contributed by atoms with van der Waals surface area (Å²) < 4.78 is 42.7. The van der Waals surface area contributed by atoms with E-state index >= 15 is 0 Å². The summed E-state index contributed by atoms with van der Waals surface area (Å²) in [7, 11) is 1.54. The number of benzene rings is 1. The van der Waals surface area contributed by atoms with E-state index in [0.29, 0.717) is 12.3 Å². The molecule has 22 heavy (non-hydrogen) atoms. The second-order valence-electron chi connectivity index (χ2n) is 4.47. The van der Waals surface area contributed by atoms with E-state index in [9.17, 15) is 18.0 Å². The lowest BCUT2D eigenvalue weighted by molar-refractivity contribution is -0.137. The average Bonchev–Trinajstić information content (AvgIpc) is 2.85. The van der Waals surface area contributed by atoms with Crippen LogP contribution >= 0.6 is 11.3 Å². The molecule has 0 unspecified atom stereocenters. The molecule has 1 amide bonds. The van der Waals surface area contributed by atoms with Gasteiger partial charge in [0.2, 0.25) is 5.91 Å². The van der Waals surface area contributed by atoms with Gasteiger partial charge in [0.25, 0.3) is 0 Å². The number of hydrogen-bond acceptors (Lipinski definition) is 4. The number of carbonyl (C=O) groups excluding carboxylic acids is 1. The minimum atomic E-state index is -4.44. The van der Waals surface area contributed by atoms with Crippen molar-refractivity contribution in [1.29, 1.82) is 0 Å². The van der Waals surface area contributed by atoms with E-state index in [0.717, 1.165) is 17.1 Å². The van der Waals surface area contributed by atoms with E-state index in [1.165, 1.54) is 23.5 Å². The van der Waals surface area contributed by atoms with Crippen LogP contribution in [0.15, 0.2) is 29.6 Å². The van der Waals surface area contributed by atoms with Gasteiger partial charge in [0.15, 0.2) is 0 Å². The van der Waals surface area contributed by atoms with E-state index in [-0.39, 0.29) is 12.1 Å². The molecule has 0 bridgehead atoms. The SMILES string of the molecule is COCc1nc(CC(=O)Nc2cccc(C(F)(F)F)c2)cs1. The molecule has 4 nitrogen and oxygen atoms in total. The lowest BCUT2D eigenvalue weighted by Crippen LogP contribution is -2.15. The van der Waals surface area contributed by atoms with Crippen LogP contribution < -0.4 is 5.32 Å². The molecule has 0 radical (unpaired) electrons. The molecule has 2 rings (SSSR count). The summed E-state index contributed by atoms with van der Waals surface area (Å²) in [6.07, 6.45) is -4.44. The van der Waals surface area contributed by atoms with Crippen LogP contribution in [0, 0.1) is 0 Å². The number of nitrogens with one attached hydrogen (secondary N) is 1. The van der Waals surface area contributed by atoms with Crippen molar-refractivity contribution in [3.8, 4) is 0 Å². The monoisotopic (exact) mass is 330 g/mol. The maximum atomic E-state index is 12.6. The predicted octanol–water partition coefficient (Wildman–Crippen LogP) is 3.49. The molecule has 0 aliphatic heterocycles. The normalized spacial score (nSPS) is 11.5. The van der Waals surface area contributed by atoms with Crippen LogP contribution in [-0.2, 0) is 28.7 Å². The number of carbonyl (C=O) groups is 1. The van der Waals surface area contributed by atoms with Gasteiger partial charge >= 0.3 is 6.18 Å². The Bertz CT molecular complexity index is 656. The number of thiazole rings is 1. The number of rotatable bonds is 5. The molecule has 1 heterocycles. The van der Waals surface area contributed by atoms with Gasteiger partial charge in [0, 0.05) is 18.2 Å². The number of nitrogens with zero attached hydrogens (tertiary/aromatic N) is 1. The van der Waals surface area contributed by atoms with Crippen molar-refractivity contribution in [2.45, 2.75) is 19.2 Å². The van der Waals surface area contributed by atoms with Crippen LogP contribution in [0.25, 0.3) is 0 Å². The van der Waals surface area contributed by atoms with Gasteiger partial charge in [-0.3, -0.25) is 4.79 Å².